The second-order valence-electron chi connectivity index (χ2n) is 4.80. The van der Waals surface area contributed by atoms with Gasteiger partial charge in [0.15, 0.2) is 9.84 Å². The number of halogens is 2. The number of benzene rings is 2. The second kappa shape index (κ2) is 5.44. The predicted molar refractivity (Wildman–Crippen MR) is 78.0 cm³/mol. The van der Waals surface area contributed by atoms with E-state index in [1.54, 1.807) is 6.07 Å². The van der Waals surface area contributed by atoms with Gasteiger partial charge < -0.3 is 5.73 Å². The van der Waals surface area contributed by atoms with Crippen LogP contribution in [0.15, 0.2) is 53.4 Å². The molecule has 0 heterocycles. The third-order valence-electron chi connectivity index (χ3n) is 3.23. The van der Waals surface area contributed by atoms with Gasteiger partial charge in [-0.3, -0.25) is 0 Å². The third kappa shape index (κ3) is 3.21. The molecule has 0 aromatic heterocycles. The third-order valence-corrected chi connectivity index (χ3v) is 5.08. The summed E-state index contributed by atoms with van der Waals surface area (Å²) in [4.78, 5) is -0.155. The van der Waals surface area contributed by atoms with Gasteiger partial charge in [0.05, 0.1) is 4.90 Å². The molecule has 112 valence electrons. The molecule has 0 aliphatic heterocycles. The van der Waals surface area contributed by atoms with Crippen LogP contribution in [-0.4, -0.2) is 14.2 Å². The SMILES string of the molecule is Cc1c(N)cccc1S(=O)(=O)CC(F)(F)c1ccccc1. The topological polar surface area (TPSA) is 60.2 Å². The first kappa shape index (κ1) is 15.4. The monoisotopic (exact) mass is 311 g/mol. The molecule has 0 unspecified atom stereocenters. The number of hydrogen-bond donors (Lipinski definition) is 1. The van der Waals surface area contributed by atoms with Gasteiger partial charge in [-0.15, -0.1) is 0 Å². The van der Waals surface area contributed by atoms with Crippen LogP contribution in [0.3, 0.4) is 0 Å². The zero-order chi connectivity index (χ0) is 15.7. The Morgan fingerprint density at radius 3 is 2.29 bits per heavy atom. The summed E-state index contributed by atoms with van der Waals surface area (Å²) in [5.41, 5.74) is 5.87. The highest BCUT2D eigenvalue weighted by molar-refractivity contribution is 7.91. The molecular weight excluding hydrogens is 296 g/mol. The number of nitrogens with two attached hydrogens (primary N) is 1. The number of anilines is 1. The van der Waals surface area contributed by atoms with Crippen molar-refractivity contribution in [3.8, 4) is 0 Å². The molecule has 3 nitrogen and oxygen atoms in total. The van der Waals surface area contributed by atoms with Crippen molar-refractivity contribution in [2.45, 2.75) is 17.7 Å². The molecule has 0 saturated heterocycles. The molecule has 0 bridgehead atoms. The average Bonchev–Trinajstić information content (AvgIpc) is 2.41. The van der Waals surface area contributed by atoms with Gasteiger partial charge in [0.25, 0.3) is 5.92 Å². The highest BCUT2D eigenvalue weighted by Crippen LogP contribution is 2.33. The molecule has 0 atom stereocenters. The minimum atomic E-state index is -4.15. The Balaban J connectivity index is 2.40. The molecule has 0 fully saturated rings. The van der Waals surface area contributed by atoms with Gasteiger partial charge >= 0.3 is 0 Å². The molecule has 0 aliphatic carbocycles. The Bertz CT molecular complexity index is 744. The van der Waals surface area contributed by atoms with Crippen molar-refractivity contribution in [2.75, 3.05) is 11.5 Å². The van der Waals surface area contributed by atoms with Crippen molar-refractivity contribution in [1.29, 1.82) is 0 Å². The van der Waals surface area contributed by atoms with Crippen LogP contribution < -0.4 is 5.73 Å². The van der Waals surface area contributed by atoms with E-state index < -0.39 is 21.5 Å². The van der Waals surface area contributed by atoms with E-state index in [0.717, 1.165) is 0 Å². The standard InChI is InChI=1S/C15H15F2NO2S/c1-11-13(18)8-5-9-14(11)21(19,20)10-15(16,17)12-6-3-2-4-7-12/h2-9H,10,18H2,1H3. The summed E-state index contributed by atoms with van der Waals surface area (Å²) in [6.07, 6.45) is 0. The van der Waals surface area contributed by atoms with Crippen molar-refractivity contribution < 1.29 is 17.2 Å². The van der Waals surface area contributed by atoms with E-state index in [1.807, 2.05) is 0 Å². The summed E-state index contributed by atoms with van der Waals surface area (Å²) < 4.78 is 52.8. The fourth-order valence-corrected chi connectivity index (χ4v) is 3.72. The molecule has 2 aromatic carbocycles. The van der Waals surface area contributed by atoms with E-state index in [-0.39, 0.29) is 16.1 Å². The zero-order valence-corrected chi connectivity index (χ0v) is 12.2. The number of hydrogen-bond acceptors (Lipinski definition) is 3. The highest BCUT2D eigenvalue weighted by Gasteiger charge is 2.38. The van der Waals surface area contributed by atoms with Crippen LogP contribution in [0.1, 0.15) is 11.1 Å². The van der Waals surface area contributed by atoms with E-state index in [9.17, 15) is 17.2 Å². The van der Waals surface area contributed by atoms with E-state index >= 15 is 0 Å². The summed E-state index contributed by atoms with van der Waals surface area (Å²) >= 11 is 0. The van der Waals surface area contributed by atoms with E-state index in [4.69, 9.17) is 5.73 Å². The Hall–Kier alpha value is -1.95. The number of nitrogen functional groups attached to an aromatic ring is 1. The molecule has 6 heteroatoms. The van der Waals surface area contributed by atoms with Gasteiger partial charge in [-0.1, -0.05) is 36.4 Å². The van der Waals surface area contributed by atoms with Gasteiger partial charge in [0, 0.05) is 11.3 Å². The average molecular weight is 311 g/mol. The van der Waals surface area contributed by atoms with Gasteiger partial charge in [0.2, 0.25) is 0 Å². The maximum absolute atomic E-state index is 14.2. The Labute approximate surface area is 122 Å². The van der Waals surface area contributed by atoms with Crippen molar-refractivity contribution >= 4 is 15.5 Å². The largest absolute Gasteiger partial charge is 0.398 e. The molecule has 0 amide bonds. The molecule has 0 aliphatic rings. The summed E-state index contributed by atoms with van der Waals surface area (Å²) in [5.74, 6) is -4.74. The number of sulfone groups is 1. The van der Waals surface area contributed by atoms with E-state index in [1.165, 1.54) is 49.4 Å². The summed E-state index contributed by atoms with van der Waals surface area (Å²) in [7, 11) is -4.15. The molecule has 2 aromatic rings. The lowest BCUT2D eigenvalue weighted by Crippen LogP contribution is -2.26. The van der Waals surface area contributed by atoms with Crippen LogP contribution in [0.4, 0.5) is 14.5 Å². The Kier molecular flexibility index (Phi) is 4.00. The summed E-state index contributed by atoms with van der Waals surface area (Å²) in [5, 5.41) is 0. The van der Waals surface area contributed by atoms with Crippen LogP contribution in [0.2, 0.25) is 0 Å². The lowest BCUT2D eigenvalue weighted by molar-refractivity contribution is 0.0213. The van der Waals surface area contributed by atoms with Crippen LogP contribution in [0.25, 0.3) is 0 Å². The molecule has 0 spiro atoms. The fraction of sp³-hybridized carbons (Fsp3) is 0.200. The van der Waals surface area contributed by atoms with E-state index in [2.05, 4.69) is 0 Å². The summed E-state index contributed by atoms with van der Waals surface area (Å²) in [6.45, 7) is 1.50. The molecule has 2 N–H and O–H groups in total. The van der Waals surface area contributed by atoms with Crippen molar-refractivity contribution in [3.63, 3.8) is 0 Å². The minimum Gasteiger partial charge on any atom is -0.398 e. The van der Waals surface area contributed by atoms with Gasteiger partial charge in [0.1, 0.15) is 5.75 Å². The lowest BCUT2D eigenvalue weighted by atomic mass is 10.1. The van der Waals surface area contributed by atoms with Crippen LogP contribution in [0, 0.1) is 6.92 Å². The number of rotatable bonds is 4. The molecule has 21 heavy (non-hydrogen) atoms. The normalized spacial score (nSPS) is 12.3. The fourth-order valence-electron chi connectivity index (χ4n) is 2.05. The summed E-state index contributed by atoms with van der Waals surface area (Å²) in [6, 6.07) is 11.2. The molecule has 0 saturated carbocycles. The quantitative estimate of drug-likeness (QED) is 0.882. The lowest BCUT2D eigenvalue weighted by Gasteiger charge is -2.18. The maximum Gasteiger partial charge on any atom is 0.287 e. The predicted octanol–water partition coefficient (Wildman–Crippen LogP) is 3.14. The zero-order valence-electron chi connectivity index (χ0n) is 11.4. The maximum atomic E-state index is 14.2. The molecule has 0 radical (unpaired) electrons. The first-order chi connectivity index (χ1) is 9.74. The van der Waals surface area contributed by atoms with E-state index in [0.29, 0.717) is 5.56 Å². The Morgan fingerprint density at radius 2 is 1.67 bits per heavy atom. The van der Waals surface area contributed by atoms with Gasteiger partial charge in [-0.05, 0) is 24.6 Å². The van der Waals surface area contributed by atoms with Crippen molar-refractivity contribution in [3.05, 3.63) is 59.7 Å². The minimum absolute atomic E-state index is 0.155. The van der Waals surface area contributed by atoms with Crippen LogP contribution in [-0.2, 0) is 15.8 Å². The highest BCUT2D eigenvalue weighted by atomic mass is 32.2. The second-order valence-corrected chi connectivity index (χ2v) is 6.76. The smallest absolute Gasteiger partial charge is 0.287 e. The van der Waals surface area contributed by atoms with Crippen LogP contribution >= 0.6 is 0 Å². The Morgan fingerprint density at radius 1 is 1.05 bits per heavy atom. The first-order valence-electron chi connectivity index (χ1n) is 6.25. The van der Waals surface area contributed by atoms with Crippen molar-refractivity contribution in [1.82, 2.24) is 0 Å². The van der Waals surface area contributed by atoms with Gasteiger partial charge in [-0.25, -0.2) is 17.2 Å². The first-order valence-corrected chi connectivity index (χ1v) is 7.90. The van der Waals surface area contributed by atoms with Gasteiger partial charge in [-0.2, -0.15) is 0 Å². The molecular formula is C15H15F2NO2S. The number of alkyl halides is 2. The molecule has 2 rings (SSSR count). The van der Waals surface area contributed by atoms with Crippen molar-refractivity contribution in [2.24, 2.45) is 0 Å². The van der Waals surface area contributed by atoms with Crippen LogP contribution in [0.5, 0.6) is 0 Å².